The van der Waals surface area contributed by atoms with Crippen molar-refractivity contribution in [1.82, 2.24) is 0 Å². The lowest BCUT2D eigenvalue weighted by Crippen LogP contribution is -2.16. The summed E-state index contributed by atoms with van der Waals surface area (Å²) in [5, 5.41) is 9.13. The van der Waals surface area contributed by atoms with Crippen molar-refractivity contribution in [2.45, 2.75) is 19.8 Å². The molecule has 1 unspecified atom stereocenters. The van der Waals surface area contributed by atoms with E-state index in [1.165, 1.54) is 0 Å². The lowest BCUT2D eigenvalue weighted by molar-refractivity contribution is 0.267. The van der Waals surface area contributed by atoms with E-state index in [0.29, 0.717) is 13.2 Å². The third-order valence-corrected chi connectivity index (χ3v) is 2.48. The largest absolute Gasteiger partial charge is 0.494 e. The van der Waals surface area contributed by atoms with Crippen molar-refractivity contribution in [2.75, 3.05) is 19.8 Å². The molecule has 0 aliphatic heterocycles. The molecule has 0 aromatic heterocycles. The number of aliphatic hydroxyl groups excluding tert-OH is 1. The Morgan fingerprint density at radius 2 is 2.20 bits per heavy atom. The van der Waals surface area contributed by atoms with Gasteiger partial charge in [0.15, 0.2) is 0 Å². The third kappa shape index (κ3) is 2.94. The summed E-state index contributed by atoms with van der Waals surface area (Å²) in [6.07, 6.45) is 0. The fourth-order valence-corrected chi connectivity index (χ4v) is 1.56. The maximum Gasteiger partial charge on any atom is 0.122 e. The summed E-state index contributed by atoms with van der Waals surface area (Å²) in [5.74, 6) is 0.925. The van der Waals surface area contributed by atoms with E-state index < -0.39 is 0 Å². The second-order valence-electron chi connectivity index (χ2n) is 3.57. The van der Waals surface area contributed by atoms with Crippen molar-refractivity contribution in [2.24, 2.45) is 5.73 Å². The van der Waals surface area contributed by atoms with Crippen LogP contribution in [0.3, 0.4) is 0 Å². The van der Waals surface area contributed by atoms with E-state index in [4.69, 9.17) is 15.6 Å². The number of hydrogen-bond acceptors (Lipinski definition) is 3. The summed E-state index contributed by atoms with van der Waals surface area (Å²) in [7, 11) is 0. The minimum atomic E-state index is 0.0272. The van der Waals surface area contributed by atoms with Gasteiger partial charge in [0.25, 0.3) is 0 Å². The average Bonchev–Trinajstić information content (AvgIpc) is 2.24. The molecule has 3 heteroatoms. The number of hydrogen-bond donors (Lipinski definition) is 2. The Morgan fingerprint density at radius 3 is 2.67 bits per heavy atom. The van der Waals surface area contributed by atoms with Crippen LogP contribution in [0.25, 0.3) is 0 Å². The summed E-state index contributed by atoms with van der Waals surface area (Å²) in [6.45, 7) is 5.18. The van der Waals surface area contributed by atoms with Gasteiger partial charge in [-0.2, -0.15) is 0 Å². The Kier molecular flexibility index (Phi) is 4.59. The highest BCUT2D eigenvalue weighted by atomic mass is 16.5. The second-order valence-corrected chi connectivity index (χ2v) is 3.57. The van der Waals surface area contributed by atoms with Gasteiger partial charge in [-0.05, 0) is 31.0 Å². The van der Waals surface area contributed by atoms with E-state index in [-0.39, 0.29) is 12.5 Å². The van der Waals surface area contributed by atoms with Crippen molar-refractivity contribution in [1.29, 1.82) is 0 Å². The molecule has 15 heavy (non-hydrogen) atoms. The van der Waals surface area contributed by atoms with Gasteiger partial charge < -0.3 is 15.6 Å². The first-order valence-corrected chi connectivity index (χ1v) is 5.27. The molecule has 1 aromatic rings. The number of benzene rings is 1. The van der Waals surface area contributed by atoms with Crippen LogP contribution >= 0.6 is 0 Å². The zero-order valence-corrected chi connectivity index (χ0v) is 9.36. The molecule has 0 amide bonds. The van der Waals surface area contributed by atoms with Crippen molar-refractivity contribution in [3.63, 3.8) is 0 Å². The molecule has 0 saturated carbocycles. The van der Waals surface area contributed by atoms with Crippen molar-refractivity contribution in [3.8, 4) is 5.75 Å². The van der Waals surface area contributed by atoms with Gasteiger partial charge in [0, 0.05) is 12.5 Å². The van der Waals surface area contributed by atoms with Crippen LogP contribution in [0.2, 0.25) is 0 Å². The SMILES string of the molecule is CCOc1ccc(C(CN)CO)cc1C. The summed E-state index contributed by atoms with van der Waals surface area (Å²) in [4.78, 5) is 0. The first-order valence-electron chi connectivity index (χ1n) is 5.27. The van der Waals surface area contributed by atoms with Gasteiger partial charge in [0.2, 0.25) is 0 Å². The third-order valence-electron chi connectivity index (χ3n) is 2.48. The van der Waals surface area contributed by atoms with Gasteiger partial charge in [0.05, 0.1) is 13.2 Å². The lowest BCUT2D eigenvalue weighted by atomic mass is 9.98. The zero-order valence-electron chi connectivity index (χ0n) is 9.36. The molecular formula is C12H19NO2. The smallest absolute Gasteiger partial charge is 0.122 e. The maximum absolute atomic E-state index is 9.13. The summed E-state index contributed by atoms with van der Waals surface area (Å²) < 4.78 is 5.44. The first kappa shape index (κ1) is 12.0. The van der Waals surface area contributed by atoms with Gasteiger partial charge in [-0.1, -0.05) is 12.1 Å². The van der Waals surface area contributed by atoms with Gasteiger partial charge in [-0.25, -0.2) is 0 Å². The number of aryl methyl sites for hydroxylation is 1. The molecule has 0 heterocycles. The Morgan fingerprint density at radius 1 is 1.47 bits per heavy atom. The molecule has 0 spiro atoms. The Balaban J connectivity index is 2.89. The van der Waals surface area contributed by atoms with Gasteiger partial charge in [-0.3, -0.25) is 0 Å². The maximum atomic E-state index is 9.13. The van der Waals surface area contributed by atoms with E-state index in [0.717, 1.165) is 16.9 Å². The summed E-state index contributed by atoms with van der Waals surface area (Å²) in [6, 6.07) is 5.93. The molecule has 1 atom stereocenters. The molecule has 3 N–H and O–H groups in total. The second kappa shape index (κ2) is 5.73. The topological polar surface area (TPSA) is 55.5 Å². The van der Waals surface area contributed by atoms with E-state index in [1.54, 1.807) is 0 Å². The number of nitrogens with two attached hydrogens (primary N) is 1. The Bertz CT molecular complexity index is 308. The Hall–Kier alpha value is -1.06. The van der Waals surface area contributed by atoms with Crippen molar-refractivity contribution < 1.29 is 9.84 Å². The van der Waals surface area contributed by atoms with Crippen LogP contribution in [0.1, 0.15) is 24.0 Å². The van der Waals surface area contributed by atoms with E-state index in [1.807, 2.05) is 32.0 Å². The fourth-order valence-electron chi connectivity index (χ4n) is 1.56. The molecule has 3 nitrogen and oxygen atoms in total. The summed E-state index contributed by atoms with van der Waals surface area (Å²) >= 11 is 0. The van der Waals surface area contributed by atoms with Crippen LogP contribution in [-0.4, -0.2) is 24.9 Å². The predicted octanol–water partition coefficient (Wildman–Crippen LogP) is 1.43. The predicted molar refractivity (Wildman–Crippen MR) is 61.2 cm³/mol. The van der Waals surface area contributed by atoms with Crippen LogP contribution in [0.5, 0.6) is 5.75 Å². The van der Waals surface area contributed by atoms with Crippen LogP contribution in [0.15, 0.2) is 18.2 Å². The molecule has 0 fully saturated rings. The fraction of sp³-hybridized carbons (Fsp3) is 0.500. The number of ether oxygens (including phenoxy) is 1. The molecular weight excluding hydrogens is 190 g/mol. The lowest BCUT2D eigenvalue weighted by Gasteiger charge is -2.14. The minimum Gasteiger partial charge on any atom is -0.494 e. The average molecular weight is 209 g/mol. The highest BCUT2D eigenvalue weighted by Crippen LogP contribution is 2.23. The van der Waals surface area contributed by atoms with Gasteiger partial charge in [-0.15, -0.1) is 0 Å². The molecule has 0 bridgehead atoms. The Labute approximate surface area is 90.9 Å². The first-order chi connectivity index (χ1) is 7.22. The van der Waals surface area contributed by atoms with Crippen LogP contribution < -0.4 is 10.5 Å². The summed E-state index contributed by atoms with van der Waals surface area (Å²) in [5.41, 5.74) is 7.73. The molecule has 0 saturated heterocycles. The van der Waals surface area contributed by atoms with Crippen LogP contribution in [0.4, 0.5) is 0 Å². The van der Waals surface area contributed by atoms with Gasteiger partial charge >= 0.3 is 0 Å². The number of aliphatic hydroxyl groups is 1. The van der Waals surface area contributed by atoms with E-state index in [2.05, 4.69) is 0 Å². The van der Waals surface area contributed by atoms with Crippen molar-refractivity contribution >= 4 is 0 Å². The highest BCUT2D eigenvalue weighted by Gasteiger charge is 2.09. The molecule has 0 aliphatic carbocycles. The molecule has 0 radical (unpaired) electrons. The standard InChI is InChI=1S/C12H19NO2/c1-3-15-12-5-4-10(6-9(12)2)11(7-13)8-14/h4-6,11,14H,3,7-8,13H2,1-2H3. The molecule has 1 aromatic carbocycles. The number of rotatable bonds is 5. The monoisotopic (exact) mass is 209 g/mol. The van der Waals surface area contributed by atoms with Crippen molar-refractivity contribution in [3.05, 3.63) is 29.3 Å². The molecule has 84 valence electrons. The van der Waals surface area contributed by atoms with E-state index >= 15 is 0 Å². The highest BCUT2D eigenvalue weighted by molar-refractivity contribution is 5.37. The normalized spacial score (nSPS) is 12.5. The van der Waals surface area contributed by atoms with E-state index in [9.17, 15) is 0 Å². The van der Waals surface area contributed by atoms with Crippen LogP contribution in [0, 0.1) is 6.92 Å². The molecule has 0 aliphatic rings. The van der Waals surface area contributed by atoms with Crippen LogP contribution in [-0.2, 0) is 0 Å². The zero-order chi connectivity index (χ0) is 11.3. The molecule has 1 rings (SSSR count). The quantitative estimate of drug-likeness (QED) is 0.771. The minimum absolute atomic E-state index is 0.0272. The van der Waals surface area contributed by atoms with Gasteiger partial charge in [0.1, 0.15) is 5.75 Å².